The molecule has 0 radical (unpaired) electrons. The molecule has 0 aromatic heterocycles. The van der Waals surface area contributed by atoms with Gasteiger partial charge in [0.1, 0.15) is 0 Å². The van der Waals surface area contributed by atoms with Gasteiger partial charge in [-0.25, -0.2) is 0 Å². The molecule has 1 heterocycles. The van der Waals surface area contributed by atoms with Crippen LogP contribution in [0.1, 0.15) is 33.6 Å². The van der Waals surface area contributed by atoms with Crippen molar-refractivity contribution in [3.8, 4) is 0 Å². The second-order valence-electron chi connectivity index (χ2n) is 5.17. The first-order valence-electron chi connectivity index (χ1n) is 6.71. The van der Waals surface area contributed by atoms with E-state index in [0.717, 1.165) is 31.5 Å². The Kier molecular flexibility index (Phi) is 6.32. The second-order valence-corrected chi connectivity index (χ2v) is 5.17. The Bertz CT molecular complexity index is 185. The van der Waals surface area contributed by atoms with E-state index in [2.05, 4.69) is 25.7 Å². The third-order valence-electron chi connectivity index (χ3n) is 3.66. The largest absolute Gasteiger partial charge is 0.377 e. The summed E-state index contributed by atoms with van der Waals surface area (Å²) in [4.78, 5) is 2.53. The van der Waals surface area contributed by atoms with E-state index in [1.54, 1.807) is 0 Å². The molecule has 2 unspecified atom stereocenters. The molecule has 1 aliphatic rings. The molecule has 96 valence electrons. The van der Waals surface area contributed by atoms with Crippen LogP contribution in [0.3, 0.4) is 0 Å². The minimum atomic E-state index is 0.351. The average molecular weight is 228 g/mol. The van der Waals surface area contributed by atoms with E-state index in [-0.39, 0.29) is 0 Å². The number of piperidine rings is 1. The molecule has 2 N–H and O–H groups in total. The maximum atomic E-state index is 5.81. The molecule has 0 aromatic carbocycles. The van der Waals surface area contributed by atoms with Crippen molar-refractivity contribution in [3.63, 3.8) is 0 Å². The van der Waals surface area contributed by atoms with Gasteiger partial charge in [-0.3, -0.25) is 0 Å². The molecule has 3 nitrogen and oxygen atoms in total. The molecule has 2 atom stereocenters. The second kappa shape index (κ2) is 7.25. The maximum absolute atomic E-state index is 5.81. The van der Waals surface area contributed by atoms with Crippen molar-refractivity contribution < 1.29 is 4.74 Å². The van der Waals surface area contributed by atoms with Crippen molar-refractivity contribution in [1.82, 2.24) is 4.90 Å². The number of likely N-dealkylation sites (tertiary alicyclic amines) is 1. The Hall–Kier alpha value is -0.120. The number of nitrogens with zero attached hydrogens (tertiary/aromatic N) is 1. The van der Waals surface area contributed by atoms with Gasteiger partial charge in [0, 0.05) is 13.1 Å². The molecule has 1 rings (SSSR count). The Labute approximate surface area is 100 Å². The third-order valence-corrected chi connectivity index (χ3v) is 3.66. The van der Waals surface area contributed by atoms with E-state index in [9.17, 15) is 0 Å². The van der Waals surface area contributed by atoms with Crippen LogP contribution < -0.4 is 5.73 Å². The Morgan fingerprint density at radius 3 is 2.69 bits per heavy atom. The fraction of sp³-hybridized carbons (Fsp3) is 1.00. The zero-order chi connectivity index (χ0) is 12.0. The number of ether oxygens (including phenoxy) is 1. The van der Waals surface area contributed by atoms with Gasteiger partial charge in [-0.05, 0) is 45.2 Å². The normalized spacial score (nSPS) is 27.6. The summed E-state index contributed by atoms with van der Waals surface area (Å²) in [6.07, 6.45) is 2.86. The molecule has 0 amide bonds. The van der Waals surface area contributed by atoms with E-state index >= 15 is 0 Å². The minimum Gasteiger partial charge on any atom is -0.377 e. The third kappa shape index (κ3) is 4.40. The topological polar surface area (TPSA) is 38.5 Å². The monoisotopic (exact) mass is 228 g/mol. The van der Waals surface area contributed by atoms with Gasteiger partial charge in [-0.1, -0.05) is 13.3 Å². The first-order chi connectivity index (χ1) is 7.67. The summed E-state index contributed by atoms with van der Waals surface area (Å²) in [6, 6.07) is 0. The lowest BCUT2D eigenvalue weighted by Gasteiger charge is -2.37. The highest BCUT2D eigenvalue weighted by Gasteiger charge is 2.26. The SMILES string of the molecule is CCC1CN(CCOC(C)C)CCC1CN. The summed E-state index contributed by atoms with van der Waals surface area (Å²) in [5.41, 5.74) is 5.81. The first kappa shape index (κ1) is 13.9. The summed E-state index contributed by atoms with van der Waals surface area (Å²) in [6.45, 7) is 11.7. The van der Waals surface area contributed by atoms with Crippen LogP contribution >= 0.6 is 0 Å². The highest BCUT2D eigenvalue weighted by atomic mass is 16.5. The van der Waals surface area contributed by atoms with Gasteiger partial charge in [0.05, 0.1) is 12.7 Å². The first-order valence-corrected chi connectivity index (χ1v) is 6.71. The standard InChI is InChI=1S/C13H28N2O/c1-4-12-10-15(6-5-13(12)9-14)7-8-16-11(2)3/h11-13H,4-10,14H2,1-3H3. The summed E-state index contributed by atoms with van der Waals surface area (Å²) in [7, 11) is 0. The number of nitrogens with two attached hydrogens (primary N) is 1. The molecule has 0 bridgehead atoms. The summed E-state index contributed by atoms with van der Waals surface area (Å²) in [5, 5.41) is 0. The quantitative estimate of drug-likeness (QED) is 0.752. The number of rotatable bonds is 6. The van der Waals surface area contributed by atoms with Crippen molar-refractivity contribution in [1.29, 1.82) is 0 Å². The lowest BCUT2D eigenvalue weighted by Crippen LogP contribution is -2.44. The fourth-order valence-electron chi connectivity index (χ4n) is 2.55. The molecule has 0 aliphatic carbocycles. The molecule has 3 heteroatoms. The highest BCUT2D eigenvalue weighted by molar-refractivity contribution is 4.80. The molecule has 16 heavy (non-hydrogen) atoms. The van der Waals surface area contributed by atoms with E-state index in [4.69, 9.17) is 10.5 Å². The van der Waals surface area contributed by atoms with E-state index < -0.39 is 0 Å². The zero-order valence-corrected chi connectivity index (χ0v) is 11.1. The van der Waals surface area contributed by atoms with Gasteiger partial charge in [0.2, 0.25) is 0 Å². The molecular formula is C13H28N2O. The van der Waals surface area contributed by atoms with Crippen LogP contribution in [-0.2, 0) is 4.74 Å². The smallest absolute Gasteiger partial charge is 0.0596 e. The summed E-state index contributed by atoms with van der Waals surface area (Å²) >= 11 is 0. The zero-order valence-electron chi connectivity index (χ0n) is 11.1. The van der Waals surface area contributed by atoms with Crippen LogP contribution in [0.4, 0.5) is 0 Å². The summed E-state index contributed by atoms with van der Waals surface area (Å²) in [5.74, 6) is 1.53. The average Bonchev–Trinajstić information content (AvgIpc) is 2.28. The van der Waals surface area contributed by atoms with Gasteiger partial charge in [-0.15, -0.1) is 0 Å². The highest BCUT2D eigenvalue weighted by Crippen LogP contribution is 2.24. The molecular weight excluding hydrogens is 200 g/mol. The molecule has 0 aromatic rings. The predicted molar refractivity (Wildman–Crippen MR) is 68.5 cm³/mol. The van der Waals surface area contributed by atoms with E-state index in [1.807, 2.05) is 0 Å². The molecule has 1 aliphatic heterocycles. The lowest BCUT2D eigenvalue weighted by atomic mass is 9.84. The van der Waals surface area contributed by atoms with Crippen molar-refractivity contribution in [2.75, 3.05) is 32.8 Å². The van der Waals surface area contributed by atoms with Crippen molar-refractivity contribution in [2.24, 2.45) is 17.6 Å². The van der Waals surface area contributed by atoms with E-state index in [1.165, 1.54) is 25.9 Å². The summed E-state index contributed by atoms with van der Waals surface area (Å²) < 4.78 is 5.60. The lowest BCUT2D eigenvalue weighted by molar-refractivity contribution is 0.0393. The molecule has 0 spiro atoms. The van der Waals surface area contributed by atoms with Crippen molar-refractivity contribution in [2.45, 2.75) is 39.7 Å². The van der Waals surface area contributed by atoms with Gasteiger partial charge in [-0.2, -0.15) is 0 Å². The Morgan fingerprint density at radius 2 is 2.12 bits per heavy atom. The van der Waals surface area contributed by atoms with Crippen LogP contribution in [0.2, 0.25) is 0 Å². The predicted octanol–water partition coefficient (Wildman–Crippen LogP) is 1.72. The fourth-order valence-corrected chi connectivity index (χ4v) is 2.55. The van der Waals surface area contributed by atoms with Crippen LogP contribution in [0.5, 0.6) is 0 Å². The van der Waals surface area contributed by atoms with Gasteiger partial charge < -0.3 is 15.4 Å². The Balaban J connectivity index is 2.25. The van der Waals surface area contributed by atoms with Crippen LogP contribution in [0.25, 0.3) is 0 Å². The van der Waals surface area contributed by atoms with Gasteiger partial charge >= 0.3 is 0 Å². The molecule has 0 saturated carbocycles. The van der Waals surface area contributed by atoms with Gasteiger partial charge in [0.15, 0.2) is 0 Å². The van der Waals surface area contributed by atoms with Crippen molar-refractivity contribution >= 4 is 0 Å². The number of hydrogen-bond donors (Lipinski definition) is 1. The van der Waals surface area contributed by atoms with Gasteiger partial charge in [0.25, 0.3) is 0 Å². The van der Waals surface area contributed by atoms with E-state index in [0.29, 0.717) is 6.10 Å². The molecule has 1 saturated heterocycles. The van der Waals surface area contributed by atoms with Crippen LogP contribution in [0.15, 0.2) is 0 Å². The Morgan fingerprint density at radius 1 is 1.38 bits per heavy atom. The minimum absolute atomic E-state index is 0.351. The van der Waals surface area contributed by atoms with Crippen molar-refractivity contribution in [3.05, 3.63) is 0 Å². The van der Waals surface area contributed by atoms with Crippen LogP contribution in [-0.4, -0.2) is 43.8 Å². The maximum Gasteiger partial charge on any atom is 0.0596 e. The number of hydrogen-bond acceptors (Lipinski definition) is 3. The van der Waals surface area contributed by atoms with Crippen LogP contribution in [0, 0.1) is 11.8 Å². The molecule has 1 fully saturated rings.